The van der Waals surface area contributed by atoms with Gasteiger partial charge in [-0.05, 0) is 42.9 Å². The van der Waals surface area contributed by atoms with Gasteiger partial charge < -0.3 is 10.0 Å². The van der Waals surface area contributed by atoms with E-state index in [0.29, 0.717) is 32.2 Å². The Kier molecular flexibility index (Phi) is 4.56. The van der Waals surface area contributed by atoms with Gasteiger partial charge in [-0.25, -0.2) is 4.79 Å². The summed E-state index contributed by atoms with van der Waals surface area (Å²) in [5, 5.41) is 21.3. The van der Waals surface area contributed by atoms with Crippen LogP contribution in [0.25, 0.3) is 0 Å². The highest BCUT2D eigenvalue weighted by molar-refractivity contribution is 7.99. The van der Waals surface area contributed by atoms with Crippen molar-refractivity contribution in [3.8, 4) is 0 Å². The molecule has 1 aliphatic heterocycles. The number of carboxylic acid groups (broad SMARTS) is 1. The number of benzene rings is 1. The molecule has 1 saturated carbocycles. The molecular weight excluding hydrogens is 383 g/mol. The van der Waals surface area contributed by atoms with Gasteiger partial charge in [-0.15, -0.1) is 10.2 Å². The number of fused-ring (bicyclic) bond motifs is 1. The molecule has 25 heavy (non-hydrogen) atoms. The van der Waals surface area contributed by atoms with E-state index in [1.54, 1.807) is 0 Å². The minimum Gasteiger partial charge on any atom is -0.476 e. The van der Waals surface area contributed by atoms with Crippen LogP contribution in [0.2, 0.25) is 10.0 Å². The number of rotatable bonds is 4. The number of hydrogen-bond donors (Lipinski definition) is 2. The minimum absolute atomic E-state index is 0.0134. The lowest BCUT2D eigenvalue weighted by Gasteiger charge is -2.21. The van der Waals surface area contributed by atoms with Gasteiger partial charge >= 0.3 is 5.97 Å². The van der Waals surface area contributed by atoms with E-state index in [0.717, 1.165) is 31.6 Å². The number of nitrogens with one attached hydrogen (secondary N) is 1. The summed E-state index contributed by atoms with van der Waals surface area (Å²) in [6.07, 6.45) is 2.11. The summed E-state index contributed by atoms with van der Waals surface area (Å²) in [5.41, 5.74) is 1.12. The molecule has 2 N–H and O–H groups in total. The van der Waals surface area contributed by atoms with Crippen molar-refractivity contribution in [3.63, 3.8) is 0 Å². The van der Waals surface area contributed by atoms with Gasteiger partial charge in [0.2, 0.25) is 5.69 Å². The van der Waals surface area contributed by atoms with Gasteiger partial charge in [-0.1, -0.05) is 35.0 Å². The van der Waals surface area contributed by atoms with E-state index in [2.05, 4.69) is 20.3 Å². The largest absolute Gasteiger partial charge is 0.476 e. The van der Waals surface area contributed by atoms with Crippen LogP contribution in [-0.2, 0) is 0 Å². The van der Waals surface area contributed by atoms with E-state index >= 15 is 0 Å². The molecule has 2 fully saturated rings. The molecule has 1 aromatic heterocycles. The number of thioether (sulfide) groups is 1. The number of aromatic carboxylic acids is 1. The molecule has 2 heterocycles. The van der Waals surface area contributed by atoms with E-state index in [1.165, 1.54) is 11.8 Å². The number of aromatic amines is 1. The summed E-state index contributed by atoms with van der Waals surface area (Å²) in [5.74, 6) is 0.166. The molecule has 1 saturated heterocycles. The first kappa shape index (κ1) is 17.0. The average Bonchev–Trinajstić information content (AvgIpc) is 3.24. The maximum atomic E-state index is 11.1. The highest BCUT2D eigenvalue weighted by atomic mass is 35.5. The Morgan fingerprint density at radius 1 is 1.20 bits per heavy atom. The van der Waals surface area contributed by atoms with Gasteiger partial charge in [0.1, 0.15) is 0 Å². The van der Waals surface area contributed by atoms with E-state index < -0.39 is 5.97 Å². The molecule has 0 amide bonds. The SMILES string of the molecule is O=C(O)c1n[nH]nc1SC1C[C@@H]2CN(c3ccc(Cl)c(Cl)c3)C[C@@H]2C1. The van der Waals surface area contributed by atoms with Gasteiger partial charge in [-0.3, -0.25) is 0 Å². The fraction of sp³-hybridized carbons (Fsp3) is 0.438. The van der Waals surface area contributed by atoms with Crippen molar-refractivity contribution >= 4 is 46.6 Å². The van der Waals surface area contributed by atoms with E-state index in [1.807, 2.05) is 18.2 Å². The van der Waals surface area contributed by atoms with E-state index in [4.69, 9.17) is 28.3 Å². The van der Waals surface area contributed by atoms with Crippen LogP contribution in [0, 0.1) is 11.8 Å². The third-order valence-corrected chi connectivity index (χ3v) is 6.94. The van der Waals surface area contributed by atoms with Crippen molar-refractivity contribution in [2.75, 3.05) is 18.0 Å². The molecule has 132 valence electrons. The maximum Gasteiger partial charge on any atom is 0.359 e. The van der Waals surface area contributed by atoms with Crippen LogP contribution in [-0.4, -0.2) is 44.8 Å². The second-order valence-electron chi connectivity index (χ2n) is 6.52. The number of H-pyrrole nitrogens is 1. The molecule has 4 rings (SSSR count). The molecule has 0 bridgehead atoms. The summed E-state index contributed by atoms with van der Waals surface area (Å²) in [6.45, 7) is 1.98. The molecular formula is C16H16Cl2N4O2S. The van der Waals surface area contributed by atoms with Crippen molar-refractivity contribution in [1.82, 2.24) is 15.4 Å². The molecule has 3 atom stereocenters. The topological polar surface area (TPSA) is 82.1 Å². The van der Waals surface area contributed by atoms with E-state index in [9.17, 15) is 4.79 Å². The van der Waals surface area contributed by atoms with Crippen molar-refractivity contribution in [2.45, 2.75) is 23.1 Å². The average molecular weight is 399 g/mol. The Labute approximate surface area is 158 Å². The molecule has 6 nitrogen and oxygen atoms in total. The van der Waals surface area contributed by atoms with Gasteiger partial charge in [0, 0.05) is 24.0 Å². The summed E-state index contributed by atoms with van der Waals surface area (Å²) in [4.78, 5) is 13.5. The predicted octanol–water partition coefficient (Wildman–Crippen LogP) is 3.82. The van der Waals surface area contributed by atoms with Crippen molar-refractivity contribution in [3.05, 3.63) is 33.9 Å². The molecule has 1 unspecified atom stereocenters. The summed E-state index contributed by atoms with van der Waals surface area (Å²) < 4.78 is 0. The number of carbonyl (C=O) groups is 1. The van der Waals surface area contributed by atoms with Crippen LogP contribution in [0.5, 0.6) is 0 Å². The Morgan fingerprint density at radius 2 is 1.92 bits per heavy atom. The second-order valence-corrected chi connectivity index (χ2v) is 8.62. The van der Waals surface area contributed by atoms with Crippen molar-refractivity contribution < 1.29 is 9.90 Å². The van der Waals surface area contributed by atoms with Crippen LogP contribution < -0.4 is 4.90 Å². The van der Waals surface area contributed by atoms with Crippen LogP contribution in [0.4, 0.5) is 5.69 Å². The second kappa shape index (κ2) is 6.70. The molecule has 1 aromatic carbocycles. The number of anilines is 1. The number of halogens is 2. The molecule has 0 radical (unpaired) electrons. The number of hydrogen-bond acceptors (Lipinski definition) is 5. The first-order valence-electron chi connectivity index (χ1n) is 8.02. The zero-order valence-corrected chi connectivity index (χ0v) is 15.5. The standard InChI is InChI=1S/C16H16Cl2N4O2S/c17-12-2-1-10(5-13(12)18)22-6-8-3-11(4-9(8)7-22)25-15-14(16(23)24)19-21-20-15/h1-2,5,8-9,11H,3-4,6-7H2,(H,23,24)(H,19,20,21)/t8-,9+,11?. The zero-order valence-electron chi connectivity index (χ0n) is 13.2. The van der Waals surface area contributed by atoms with Crippen LogP contribution in [0.15, 0.2) is 23.2 Å². The third-order valence-electron chi connectivity index (χ3n) is 4.97. The fourth-order valence-electron chi connectivity index (χ4n) is 3.83. The summed E-state index contributed by atoms with van der Waals surface area (Å²) >= 11 is 13.7. The number of nitrogens with zero attached hydrogens (tertiary/aromatic N) is 3. The monoisotopic (exact) mass is 398 g/mol. The van der Waals surface area contributed by atoms with Gasteiger partial charge in [0.15, 0.2) is 5.03 Å². The Hall–Kier alpha value is -1.44. The third kappa shape index (κ3) is 3.32. The van der Waals surface area contributed by atoms with Gasteiger partial charge in [0.25, 0.3) is 0 Å². The molecule has 0 spiro atoms. The Morgan fingerprint density at radius 3 is 2.56 bits per heavy atom. The minimum atomic E-state index is -1.04. The fourth-order valence-corrected chi connectivity index (χ4v) is 5.47. The predicted molar refractivity (Wildman–Crippen MR) is 97.9 cm³/mol. The first-order chi connectivity index (χ1) is 12.0. The highest BCUT2D eigenvalue weighted by Gasteiger charge is 2.42. The Bertz CT molecular complexity index is 801. The Balaban J connectivity index is 1.39. The lowest BCUT2D eigenvalue weighted by molar-refractivity contribution is 0.0686. The normalized spacial score (nSPS) is 25.4. The lowest BCUT2D eigenvalue weighted by Crippen LogP contribution is -2.22. The molecule has 2 aromatic rings. The summed E-state index contributed by atoms with van der Waals surface area (Å²) in [7, 11) is 0. The quantitative estimate of drug-likeness (QED) is 0.814. The molecule has 1 aliphatic carbocycles. The van der Waals surface area contributed by atoms with Crippen molar-refractivity contribution in [1.29, 1.82) is 0 Å². The van der Waals surface area contributed by atoms with Gasteiger partial charge in [-0.2, -0.15) is 5.21 Å². The lowest BCUT2D eigenvalue weighted by atomic mass is 10.0. The smallest absolute Gasteiger partial charge is 0.359 e. The van der Waals surface area contributed by atoms with Crippen LogP contribution in [0.3, 0.4) is 0 Å². The maximum absolute atomic E-state index is 11.1. The van der Waals surface area contributed by atoms with Gasteiger partial charge in [0.05, 0.1) is 10.0 Å². The number of carboxylic acids is 1. The van der Waals surface area contributed by atoms with Crippen LogP contribution >= 0.6 is 35.0 Å². The van der Waals surface area contributed by atoms with Crippen LogP contribution in [0.1, 0.15) is 23.3 Å². The van der Waals surface area contributed by atoms with E-state index in [-0.39, 0.29) is 5.69 Å². The van der Waals surface area contributed by atoms with Crippen molar-refractivity contribution in [2.24, 2.45) is 11.8 Å². The molecule has 9 heteroatoms. The molecule has 2 aliphatic rings. The first-order valence-corrected chi connectivity index (χ1v) is 9.65. The zero-order chi connectivity index (χ0) is 17.6. The number of aromatic nitrogens is 3. The highest BCUT2D eigenvalue weighted by Crippen LogP contribution is 2.46. The summed E-state index contributed by atoms with van der Waals surface area (Å²) in [6, 6.07) is 5.77.